The minimum Gasteiger partial charge on any atom is -0.548 e. The number of nitrogens with zero attached hydrogens (tertiary/aromatic N) is 1. The van der Waals surface area contributed by atoms with Crippen molar-refractivity contribution in [2.24, 2.45) is 0 Å². The first-order chi connectivity index (χ1) is 8.19. The van der Waals surface area contributed by atoms with E-state index in [0.717, 1.165) is 4.90 Å². The minimum atomic E-state index is -1.32. The summed E-state index contributed by atoms with van der Waals surface area (Å²) < 4.78 is 5.01. The molecule has 1 rings (SSSR count). The molecule has 7 nitrogen and oxygen atoms in total. The molecule has 0 radical (unpaired) electrons. The predicted molar refractivity (Wildman–Crippen MR) is 59.4 cm³/mol. The minimum absolute atomic E-state index is 0.285. The summed E-state index contributed by atoms with van der Waals surface area (Å²) in [6.45, 7) is 4.97. The van der Waals surface area contributed by atoms with Crippen molar-refractivity contribution in [3.05, 3.63) is 0 Å². The van der Waals surface area contributed by atoms with E-state index in [-0.39, 0.29) is 6.54 Å². The molecule has 0 spiro atoms. The largest absolute Gasteiger partial charge is 0.548 e. The van der Waals surface area contributed by atoms with Crippen molar-refractivity contribution in [3.63, 3.8) is 0 Å². The van der Waals surface area contributed by atoms with Gasteiger partial charge >= 0.3 is 6.09 Å². The van der Waals surface area contributed by atoms with E-state index >= 15 is 0 Å². The average molecular weight is 257 g/mol. The van der Waals surface area contributed by atoms with E-state index in [2.05, 4.69) is 5.32 Å². The Hall–Kier alpha value is -1.79. The molecule has 1 N–H and O–H groups in total. The number of aliphatic carboxylic acids is 1. The van der Waals surface area contributed by atoms with Crippen molar-refractivity contribution in [1.29, 1.82) is 0 Å². The summed E-state index contributed by atoms with van der Waals surface area (Å²) in [5.74, 6) is -1.74. The summed E-state index contributed by atoms with van der Waals surface area (Å²) >= 11 is 0. The van der Waals surface area contributed by atoms with Crippen LogP contribution in [0.5, 0.6) is 0 Å². The van der Waals surface area contributed by atoms with Gasteiger partial charge in [0.2, 0.25) is 5.91 Å². The highest BCUT2D eigenvalue weighted by atomic mass is 16.6. The van der Waals surface area contributed by atoms with E-state index in [1.54, 1.807) is 20.8 Å². The third kappa shape index (κ3) is 4.23. The fourth-order valence-corrected chi connectivity index (χ4v) is 1.64. The number of hydrogen-bond acceptors (Lipinski definition) is 5. The summed E-state index contributed by atoms with van der Waals surface area (Å²) in [5, 5.41) is 12.8. The molecular formula is C11H17N2O5-. The van der Waals surface area contributed by atoms with Gasteiger partial charge in [-0.1, -0.05) is 0 Å². The van der Waals surface area contributed by atoms with E-state index in [4.69, 9.17) is 4.74 Å². The van der Waals surface area contributed by atoms with Gasteiger partial charge in [-0.25, -0.2) is 4.79 Å². The van der Waals surface area contributed by atoms with Gasteiger partial charge in [-0.3, -0.25) is 4.79 Å². The highest BCUT2D eigenvalue weighted by molar-refractivity contribution is 5.89. The maximum Gasteiger partial charge on any atom is 0.408 e. The Labute approximate surface area is 105 Å². The van der Waals surface area contributed by atoms with Crippen LogP contribution >= 0.6 is 0 Å². The monoisotopic (exact) mass is 257 g/mol. The Morgan fingerprint density at radius 3 is 2.61 bits per heavy atom. The number of carboxylic acids is 1. The first-order valence-electron chi connectivity index (χ1n) is 5.67. The van der Waals surface area contributed by atoms with Crippen molar-refractivity contribution in [1.82, 2.24) is 10.2 Å². The molecule has 0 aromatic rings. The van der Waals surface area contributed by atoms with E-state index in [9.17, 15) is 19.5 Å². The SMILES string of the molecule is CC(C)(C)OC(=O)N[C@@H]1CCN(CC(=O)[O-])C1=O. The average Bonchev–Trinajstić information content (AvgIpc) is 2.46. The van der Waals surface area contributed by atoms with Crippen molar-refractivity contribution in [2.75, 3.05) is 13.1 Å². The maximum absolute atomic E-state index is 11.7. The standard InChI is InChI=1S/C11H18N2O5/c1-11(2,3)18-10(17)12-7-4-5-13(9(7)16)6-8(14)15/h7H,4-6H2,1-3H3,(H,12,17)(H,14,15)/p-1/t7-/m1/s1. The van der Waals surface area contributed by atoms with Gasteiger partial charge in [0.05, 0.1) is 12.5 Å². The van der Waals surface area contributed by atoms with Crippen LogP contribution in [0.25, 0.3) is 0 Å². The number of rotatable bonds is 3. The fourth-order valence-electron chi connectivity index (χ4n) is 1.64. The summed E-state index contributed by atoms with van der Waals surface area (Å²) in [6, 6.07) is -0.723. The van der Waals surface area contributed by atoms with E-state index in [0.29, 0.717) is 6.42 Å². The number of carbonyl (C=O) groups excluding carboxylic acids is 3. The molecule has 102 valence electrons. The molecule has 0 unspecified atom stereocenters. The highest BCUT2D eigenvalue weighted by Crippen LogP contribution is 2.12. The zero-order valence-corrected chi connectivity index (χ0v) is 10.7. The number of likely N-dealkylation sites (tertiary alicyclic amines) is 1. The van der Waals surface area contributed by atoms with Crippen LogP contribution in [0, 0.1) is 0 Å². The third-order valence-corrected chi connectivity index (χ3v) is 2.31. The second-order valence-electron chi connectivity index (χ2n) is 5.12. The Kier molecular flexibility index (Phi) is 4.15. The highest BCUT2D eigenvalue weighted by Gasteiger charge is 2.33. The molecular weight excluding hydrogens is 240 g/mol. The lowest BCUT2D eigenvalue weighted by Crippen LogP contribution is -2.46. The lowest BCUT2D eigenvalue weighted by Gasteiger charge is -2.21. The van der Waals surface area contributed by atoms with Gasteiger partial charge in [0.15, 0.2) is 0 Å². The van der Waals surface area contributed by atoms with Gasteiger partial charge < -0.3 is 24.9 Å². The number of ether oxygens (including phenoxy) is 1. The van der Waals surface area contributed by atoms with Crippen LogP contribution in [-0.4, -0.2) is 47.6 Å². The molecule has 1 aliphatic rings. The lowest BCUT2D eigenvalue weighted by molar-refractivity contribution is -0.305. The molecule has 1 heterocycles. The number of carbonyl (C=O) groups is 3. The molecule has 0 bridgehead atoms. The van der Waals surface area contributed by atoms with Crippen LogP contribution in [0.4, 0.5) is 4.79 Å². The summed E-state index contributed by atoms with van der Waals surface area (Å²) in [7, 11) is 0. The second-order valence-corrected chi connectivity index (χ2v) is 5.12. The summed E-state index contributed by atoms with van der Waals surface area (Å²) in [6.07, 6.45) is -0.318. The number of nitrogens with one attached hydrogen (secondary N) is 1. The van der Waals surface area contributed by atoms with Crippen molar-refractivity contribution in [3.8, 4) is 0 Å². The van der Waals surface area contributed by atoms with Crippen LogP contribution in [-0.2, 0) is 14.3 Å². The topological polar surface area (TPSA) is 98.8 Å². The molecule has 0 aromatic heterocycles. The Morgan fingerprint density at radius 2 is 2.11 bits per heavy atom. The number of hydrogen-bond donors (Lipinski definition) is 1. The van der Waals surface area contributed by atoms with E-state index < -0.39 is 36.2 Å². The van der Waals surface area contributed by atoms with Gasteiger partial charge in [-0.05, 0) is 27.2 Å². The maximum atomic E-state index is 11.7. The fraction of sp³-hybridized carbons (Fsp3) is 0.727. The number of carboxylic acid groups (broad SMARTS) is 1. The number of amides is 2. The van der Waals surface area contributed by atoms with Crippen LogP contribution in [0.15, 0.2) is 0 Å². The van der Waals surface area contributed by atoms with E-state index in [1.807, 2.05) is 0 Å². The van der Waals surface area contributed by atoms with Crippen molar-refractivity contribution >= 4 is 18.0 Å². The molecule has 2 amide bonds. The van der Waals surface area contributed by atoms with E-state index in [1.165, 1.54) is 0 Å². The molecule has 1 fully saturated rings. The van der Waals surface area contributed by atoms with Crippen molar-refractivity contribution in [2.45, 2.75) is 38.8 Å². The first-order valence-corrected chi connectivity index (χ1v) is 5.67. The molecule has 1 saturated heterocycles. The number of alkyl carbamates (subject to hydrolysis) is 1. The normalized spacial score (nSPS) is 19.8. The van der Waals surface area contributed by atoms with Gasteiger partial charge in [0.25, 0.3) is 0 Å². The first kappa shape index (κ1) is 14.3. The van der Waals surface area contributed by atoms with Crippen LogP contribution < -0.4 is 10.4 Å². The third-order valence-electron chi connectivity index (χ3n) is 2.31. The van der Waals surface area contributed by atoms with Crippen LogP contribution in [0.3, 0.4) is 0 Å². The van der Waals surface area contributed by atoms with Gasteiger partial charge in [0, 0.05) is 6.54 Å². The molecule has 1 aliphatic heterocycles. The Morgan fingerprint density at radius 1 is 1.50 bits per heavy atom. The molecule has 0 saturated carbocycles. The van der Waals surface area contributed by atoms with Crippen molar-refractivity contribution < 1.29 is 24.2 Å². The summed E-state index contributed by atoms with van der Waals surface area (Å²) in [5.41, 5.74) is -0.642. The van der Waals surface area contributed by atoms with Crippen LogP contribution in [0.2, 0.25) is 0 Å². The van der Waals surface area contributed by atoms with Gasteiger partial charge in [-0.15, -0.1) is 0 Å². The molecule has 0 aromatic carbocycles. The smallest absolute Gasteiger partial charge is 0.408 e. The molecule has 1 atom stereocenters. The van der Waals surface area contributed by atoms with Gasteiger partial charge in [0.1, 0.15) is 11.6 Å². The predicted octanol–water partition coefficient (Wildman–Crippen LogP) is -1.14. The molecule has 7 heteroatoms. The zero-order chi connectivity index (χ0) is 13.9. The van der Waals surface area contributed by atoms with Crippen LogP contribution in [0.1, 0.15) is 27.2 Å². The Bertz CT molecular complexity index is 361. The quantitative estimate of drug-likeness (QED) is 0.689. The zero-order valence-electron chi connectivity index (χ0n) is 10.7. The molecule has 0 aliphatic carbocycles. The summed E-state index contributed by atoms with van der Waals surface area (Å²) in [4.78, 5) is 34.7. The molecule has 18 heavy (non-hydrogen) atoms. The van der Waals surface area contributed by atoms with Gasteiger partial charge in [-0.2, -0.15) is 0 Å². The lowest BCUT2D eigenvalue weighted by atomic mass is 10.2. The Balaban J connectivity index is 2.48. The second kappa shape index (κ2) is 5.24.